The van der Waals surface area contributed by atoms with Crippen LogP contribution in [0.1, 0.15) is 29.5 Å². The number of allylic oxidation sites excluding steroid dienone is 2. The first-order valence-electron chi connectivity index (χ1n) is 7.31. The molecule has 0 bridgehead atoms. The van der Waals surface area contributed by atoms with Crippen molar-refractivity contribution >= 4 is 21.6 Å². The number of halogens is 3. The fraction of sp³-hybridized carbons (Fsp3) is 0.222. The van der Waals surface area contributed by atoms with Gasteiger partial charge >= 0.3 is 0 Å². The van der Waals surface area contributed by atoms with Crippen LogP contribution in [-0.2, 0) is 0 Å². The van der Waals surface area contributed by atoms with Crippen LogP contribution in [0.15, 0.2) is 53.0 Å². The third-order valence-electron chi connectivity index (χ3n) is 4.63. The molecule has 0 spiro atoms. The molecule has 4 heteroatoms. The molecule has 1 nitrogen and oxygen atoms in total. The molecule has 0 unspecified atom stereocenters. The first-order chi connectivity index (χ1) is 10.6. The van der Waals surface area contributed by atoms with E-state index in [-0.39, 0.29) is 17.9 Å². The lowest BCUT2D eigenvalue weighted by Gasteiger charge is -2.38. The lowest BCUT2D eigenvalue weighted by molar-refractivity contribution is 0.417. The molecule has 0 amide bonds. The third-order valence-corrected chi connectivity index (χ3v) is 5.35. The normalized spacial score (nSPS) is 25.5. The fourth-order valence-corrected chi connectivity index (χ4v) is 4.19. The van der Waals surface area contributed by atoms with Gasteiger partial charge < -0.3 is 5.32 Å². The van der Waals surface area contributed by atoms with E-state index >= 15 is 0 Å². The first-order valence-corrected chi connectivity index (χ1v) is 8.11. The van der Waals surface area contributed by atoms with Gasteiger partial charge in [0.05, 0.1) is 11.7 Å². The molecule has 3 atom stereocenters. The summed E-state index contributed by atoms with van der Waals surface area (Å²) in [7, 11) is 0. The van der Waals surface area contributed by atoms with Gasteiger partial charge in [-0.15, -0.1) is 0 Å². The third kappa shape index (κ3) is 2.09. The Bertz CT molecular complexity index is 772. The number of hydrogen-bond acceptors (Lipinski definition) is 1. The van der Waals surface area contributed by atoms with Crippen molar-refractivity contribution in [2.45, 2.75) is 18.4 Å². The van der Waals surface area contributed by atoms with Crippen LogP contribution in [0.25, 0.3) is 0 Å². The zero-order valence-electron chi connectivity index (χ0n) is 11.7. The molecule has 0 fully saturated rings. The molecule has 22 heavy (non-hydrogen) atoms. The molecule has 2 aliphatic rings. The van der Waals surface area contributed by atoms with E-state index < -0.39 is 11.6 Å². The number of rotatable bonds is 1. The van der Waals surface area contributed by atoms with Gasteiger partial charge in [-0.3, -0.25) is 0 Å². The molecule has 0 saturated carbocycles. The Morgan fingerprint density at radius 2 is 1.91 bits per heavy atom. The summed E-state index contributed by atoms with van der Waals surface area (Å²) in [6.07, 6.45) is 5.09. The van der Waals surface area contributed by atoms with Crippen LogP contribution in [0.3, 0.4) is 0 Å². The van der Waals surface area contributed by atoms with Crippen LogP contribution in [0, 0.1) is 17.6 Å². The number of nitrogens with one attached hydrogen (secondary N) is 1. The molecule has 112 valence electrons. The van der Waals surface area contributed by atoms with E-state index in [1.807, 2.05) is 24.3 Å². The van der Waals surface area contributed by atoms with Gasteiger partial charge in [0.2, 0.25) is 0 Å². The van der Waals surface area contributed by atoms with Crippen molar-refractivity contribution in [2.24, 2.45) is 5.92 Å². The average molecular weight is 362 g/mol. The zero-order valence-corrected chi connectivity index (χ0v) is 13.3. The Labute approximate surface area is 136 Å². The van der Waals surface area contributed by atoms with Crippen molar-refractivity contribution in [2.75, 3.05) is 5.32 Å². The summed E-state index contributed by atoms with van der Waals surface area (Å²) in [6.45, 7) is 0. The summed E-state index contributed by atoms with van der Waals surface area (Å²) >= 11 is 3.58. The fourth-order valence-electron chi connectivity index (χ4n) is 3.66. The minimum absolute atomic E-state index is 0.00281. The van der Waals surface area contributed by atoms with Gasteiger partial charge in [-0.2, -0.15) is 0 Å². The summed E-state index contributed by atoms with van der Waals surface area (Å²) in [5.74, 6) is -0.715. The van der Waals surface area contributed by atoms with Crippen molar-refractivity contribution in [1.29, 1.82) is 0 Å². The molecule has 0 radical (unpaired) electrons. The molecule has 1 aliphatic heterocycles. The molecule has 1 aliphatic carbocycles. The van der Waals surface area contributed by atoms with Crippen LogP contribution >= 0.6 is 15.9 Å². The SMILES string of the molecule is Fc1cc(F)c2c(c1)[C@@H]1C=CC[C@@H]1[C@H](c1ccccc1Br)N2. The summed E-state index contributed by atoms with van der Waals surface area (Å²) in [5, 5.41) is 3.31. The van der Waals surface area contributed by atoms with Crippen molar-refractivity contribution in [3.05, 3.63) is 75.8 Å². The van der Waals surface area contributed by atoms with Crippen LogP contribution in [0.5, 0.6) is 0 Å². The molecular formula is C18H14BrF2N. The average Bonchev–Trinajstić information content (AvgIpc) is 2.97. The predicted octanol–water partition coefficient (Wildman–Crippen LogP) is 5.55. The lowest BCUT2D eigenvalue weighted by atomic mass is 9.77. The summed E-state index contributed by atoms with van der Waals surface area (Å²) in [5.41, 5.74) is 2.25. The largest absolute Gasteiger partial charge is 0.375 e. The molecule has 2 aromatic rings. The highest BCUT2D eigenvalue weighted by Crippen LogP contribution is 2.51. The highest BCUT2D eigenvalue weighted by molar-refractivity contribution is 9.10. The van der Waals surface area contributed by atoms with E-state index in [1.165, 1.54) is 6.07 Å². The van der Waals surface area contributed by atoms with Crippen LogP contribution in [0.4, 0.5) is 14.5 Å². The second kappa shape index (κ2) is 5.20. The van der Waals surface area contributed by atoms with Gasteiger partial charge in [-0.05, 0) is 35.6 Å². The minimum atomic E-state index is -0.522. The summed E-state index contributed by atoms with van der Waals surface area (Å²) in [4.78, 5) is 0. The summed E-state index contributed by atoms with van der Waals surface area (Å²) < 4.78 is 28.8. The molecular weight excluding hydrogens is 348 g/mol. The standard InChI is InChI=1S/C18H14BrF2N/c19-15-7-2-1-4-13(15)17-12-6-3-5-11(12)14-8-10(20)9-16(21)18(14)22-17/h1-5,7-9,11-12,17,22H,6H2/t11-,12+,17-/m1/s1. The maximum atomic E-state index is 14.2. The number of anilines is 1. The van der Waals surface area contributed by atoms with Crippen molar-refractivity contribution in [3.63, 3.8) is 0 Å². The van der Waals surface area contributed by atoms with E-state index in [4.69, 9.17) is 0 Å². The highest BCUT2D eigenvalue weighted by Gasteiger charge is 2.39. The zero-order chi connectivity index (χ0) is 15.3. The van der Waals surface area contributed by atoms with Gasteiger partial charge in [0.25, 0.3) is 0 Å². The van der Waals surface area contributed by atoms with Gasteiger partial charge in [0.1, 0.15) is 11.6 Å². The van der Waals surface area contributed by atoms with Crippen molar-refractivity contribution in [1.82, 2.24) is 0 Å². The predicted molar refractivity (Wildman–Crippen MR) is 86.9 cm³/mol. The second-order valence-corrected chi connectivity index (χ2v) is 6.70. The lowest BCUT2D eigenvalue weighted by Crippen LogP contribution is -2.30. The Balaban J connectivity index is 1.86. The summed E-state index contributed by atoms with van der Waals surface area (Å²) in [6, 6.07) is 10.4. The van der Waals surface area contributed by atoms with Crippen LogP contribution in [0.2, 0.25) is 0 Å². The Morgan fingerprint density at radius 1 is 1.09 bits per heavy atom. The topological polar surface area (TPSA) is 12.0 Å². The monoisotopic (exact) mass is 361 g/mol. The maximum absolute atomic E-state index is 14.2. The van der Waals surface area contributed by atoms with E-state index in [1.54, 1.807) is 0 Å². The quantitative estimate of drug-likeness (QED) is 0.656. The van der Waals surface area contributed by atoms with E-state index in [9.17, 15) is 8.78 Å². The molecule has 1 N–H and O–H groups in total. The Morgan fingerprint density at radius 3 is 2.73 bits per heavy atom. The van der Waals surface area contributed by atoms with Gasteiger partial charge in [0.15, 0.2) is 0 Å². The minimum Gasteiger partial charge on any atom is -0.375 e. The van der Waals surface area contributed by atoms with Crippen LogP contribution < -0.4 is 5.32 Å². The highest BCUT2D eigenvalue weighted by atomic mass is 79.9. The first kappa shape index (κ1) is 13.9. The Hall–Kier alpha value is -1.68. The van der Waals surface area contributed by atoms with E-state index in [0.717, 1.165) is 28.1 Å². The smallest absolute Gasteiger partial charge is 0.149 e. The number of hydrogen-bond donors (Lipinski definition) is 1. The van der Waals surface area contributed by atoms with E-state index in [2.05, 4.69) is 33.4 Å². The maximum Gasteiger partial charge on any atom is 0.149 e. The number of fused-ring (bicyclic) bond motifs is 3. The molecule has 2 aromatic carbocycles. The van der Waals surface area contributed by atoms with Gasteiger partial charge in [-0.1, -0.05) is 46.3 Å². The molecule has 1 heterocycles. The van der Waals surface area contributed by atoms with Gasteiger partial charge in [0, 0.05) is 16.5 Å². The van der Waals surface area contributed by atoms with Crippen molar-refractivity contribution in [3.8, 4) is 0 Å². The van der Waals surface area contributed by atoms with Crippen molar-refractivity contribution < 1.29 is 8.78 Å². The van der Waals surface area contributed by atoms with Gasteiger partial charge in [-0.25, -0.2) is 8.78 Å². The molecule has 4 rings (SSSR count). The van der Waals surface area contributed by atoms with Crippen LogP contribution in [-0.4, -0.2) is 0 Å². The molecule has 0 aromatic heterocycles. The van der Waals surface area contributed by atoms with E-state index in [0.29, 0.717) is 5.69 Å². The second-order valence-electron chi connectivity index (χ2n) is 5.85. The number of benzene rings is 2. The molecule has 0 saturated heterocycles. The Kier molecular flexibility index (Phi) is 3.30.